The lowest BCUT2D eigenvalue weighted by molar-refractivity contribution is 0.144. The first-order chi connectivity index (χ1) is 10.6. The number of alkyl halides is 1. The first-order valence-electron chi connectivity index (χ1n) is 8.15. The number of rotatable bonds is 4. The number of piperidine rings is 1. The maximum Gasteiger partial charge on any atom is 0.0712 e. The van der Waals surface area contributed by atoms with E-state index in [0.717, 1.165) is 6.54 Å². The van der Waals surface area contributed by atoms with E-state index in [9.17, 15) is 0 Å². The van der Waals surface area contributed by atoms with Gasteiger partial charge in [0.2, 0.25) is 0 Å². The molecule has 2 aromatic rings. The lowest BCUT2D eigenvalue weighted by Gasteiger charge is -2.36. The Kier molecular flexibility index (Phi) is 5.02. The molecule has 0 radical (unpaired) electrons. The molecule has 1 atom stereocenters. The fraction of sp³-hybridized carbons (Fsp3) is 0.474. The standard InChI is InChI=1S/C19H25ClN2/c1-21-11-9-18(10-12-21)22(2)14-19(20)17-8-7-15-5-3-4-6-16(15)13-17/h3-8,13,18-19H,9-12,14H2,1-2H3. The van der Waals surface area contributed by atoms with Gasteiger partial charge in [0, 0.05) is 12.6 Å². The van der Waals surface area contributed by atoms with E-state index in [1.807, 2.05) is 0 Å². The van der Waals surface area contributed by atoms with E-state index in [1.54, 1.807) is 0 Å². The van der Waals surface area contributed by atoms with Gasteiger partial charge in [-0.1, -0.05) is 36.4 Å². The highest BCUT2D eigenvalue weighted by Gasteiger charge is 2.22. The first-order valence-corrected chi connectivity index (χ1v) is 8.58. The Bertz CT molecular complexity index is 620. The van der Waals surface area contributed by atoms with Crippen molar-refractivity contribution in [2.45, 2.75) is 24.3 Å². The Morgan fingerprint density at radius 3 is 2.55 bits per heavy atom. The summed E-state index contributed by atoms with van der Waals surface area (Å²) in [7, 11) is 4.42. The molecule has 2 aromatic carbocycles. The molecule has 0 bridgehead atoms. The van der Waals surface area contributed by atoms with E-state index in [0.29, 0.717) is 6.04 Å². The largest absolute Gasteiger partial charge is 0.306 e. The average molecular weight is 317 g/mol. The minimum absolute atomic E-state index is 0.0502. The van der Waals surface area contributed by atoms with Crippen LogP contribution in [0.4, 0.5) is 0 Å². The molecule has 3 heteroatoms. The summed E-state index contributed by atoms with van der Waals surface area (Å²) in [5.41, 5.74) is 1.22. The Morgan fingerprint density at radius 2 is 1.82 bits per heavy atom. The Labute approximate surface area is 138 Å². The van der Waals surface area contributed by atoms with Crippen molar-refractivity contribution in [2.75, 3.05) is 33.7 Å². The van der Waals surface area contributed by atoms with Crippen LogP contribution in [0.25, 0.3) is 10.8 Å². The molecule has 0 spiro atoms. The van der Waals surface area contributed by atoms with Crippen molar-refractivity contribution in [1.82, 2.24) is 9.80 Å². The maximum absolute atomic E-state index is 6.70. The summed E-state index contributed by atoms with van der Waals surface area (Å²) in [4.78, 5) is 4.85. The second-order valence-corrected chi connectivity index (χ2v) is 7.07. The van der Waals surface area contributed by atoms with Gasteiger partial charge in [0.25, 0.3) is 0 Å². The number of likely N-dealkylation sites (tertiary alicyclic amines) is 1. The highest BCUT2D eigenvalue weighted by molar-refractivity contribution is 6.21. The zero-order chi connectivity index (χ0) is 15.5. The summed E-state index contributed by atoms with van der Waals surface area (Å²) in [6.07, 6.45) is 2.49. The Morgan fingerprint density at radius 1 is 1.14 bits per heavy atom. The smallest absolute Gasteiger partial charge is 0.0712 e. The topological polar surface area (TPSA) is 6.48 Å². The average Bonchev–Trinajstić information content (AvgIpc) is 2.55. The maximum atomic E-state index is 6.70. The van der Waals surface area contributed by atoms with Crippen LogP contribution in [0.1, 0.15) is 23.8 Å². The number of hydrogen-bond donors (Lipinski definition) is 0. The lowest BCUT2D eigenvalue weighted by atomic mass is 10.0. The van der Waals surface area contributed by atoms with Crippen LogP contribution < -0.4 is 0 Å². The molecule has 0 amide bonds. The molecule has 0 aromatic heterocycles. The van der Waals surface area contributed by atoms with Gasteiger partial charge in [-0.25, -0.2) is 0 Å². The van der Waals surface area contributed by atoms with Crippen LogP contribution in [0.15, 0.2) is 42.5 Å². The Balaban J connectivity index is 1.66. The van der Waals surface area contributed by atoms with E-state index in [-0.39, 0.29) is 5.38 Å². The number of likely N-dealkylation sites (N-methyl/N-ethyl adjacent to an activating group) is 1. The normalized spacial score (nSPS) is 18.9. The number of hydrogen-bond acceptors (Lipinski definition) is 2. The Hall–Kier alpha value is -1.09. The molecule has 1 aliphatic heterocycles. The van der Waals surface area contributed by atoms with Gasteiger partial charge in [-0.15, -0.1) is 11.6 Å². The highest BCUT2D eigenvalue weighted by atomic mass is 35.5. The molecule has 0 saturated carbocycles. The molecule has 1 unspecified atom stereocenters. The fourth-order valence-corrected chi connectivity index (χ4v) is 3.70. The number of nitrogens with zero attached hydrogens (tertiary/aromatic N) is 2. The molecular formula is C19H25ClN2. The van der Waals surface area contributed by atoms with Crippen molar-refractivity contribution in [3.8, 4) is 0 Å². The molecule has 3 rings (SSSR count). The summed E-state index contributed by atoms with van der Waals surface area (Å²) in [6, 6.07) is 15.7. The third-order valence-electron chi connectivity index (χ3n) is 4.89. The lowest BCUT2D eigenvalue weighted by Crippen LogP contribution is -2.42. The second-order valence-electron chi connectivity index (χ2n) is 6.55. The summed E-state index contributed by atoms with van der Waals surface area (Å²) in [5, 5.41) is 2.60. The first kappa shape index (κ1) is 15.8. The molecule has 1 heterocycles. The van der Waals surface area contributed by atoms with Crippen molar-refractivity contribution < 1.29 is 0 Å². The SMILES string of the molecule is CN1CCC(N(C)CC(Cl)c2ccc3ccccc3c2)CC1. The van der Waals surface area contributed by atoms with Gasteiger partial charge < -0.3 is 9.80 Å². The van der Waals surface area contributed by atoms with E-state index in [4.69, 9.17) is 11.6 Å². The van der Waals surface area contributed by atoms with Crippen LogP contribution in [0.5, 0.6) is 0 Å². The summed E-state index contributed by atoms with van der Waals surface area (Å²) in [5.74, 6) is 0. The quantitative estimate of drug-likeness (QED) is 0.782. The van der Waals surface area contributed by atoms with Crippen molar-refractivity contribution in [3.05, 3.63) is 48.0 Å². The predicted molar refractivity (Wildman–Crippen MR) is 95.7 cm³/mol. The van der Waals surface area contributed by atoms with E-state index < -0.39 is 0 Å². The fourth-order valence-electron chi connectivity index (χ4n) is 3.35. The second kappa shape index (κ2) is 6.99. The number of benzene rings is 2. The highest BCUT2D eigenvalue weighted by Crippen LogP contribution is 2.27. The molecule has 1 fully saturated rings. The van der Waals surface area contributed by atoms with Crippen molar-refractivity contribution >= 4 is 22.4 Å². The summed E-state index contributed by atoms with van der Waals surface area (Å²) in [6.45, 7) is 3.30. The van der Waals surface area contributed by atoms with E-state index in [2.05, 4.69) is 66.4 Å². The molecule has 1 saturated heterocycles. The predicted octanol–water partition coefficient (Wildman–Crippen LogP) is 4.15. The summed E-state index contributed by atoms with van der Waals surface area (Å²) < 4.78 is 0. The van der Waals surface area contributed by atoms with Gasteiger partial charge in [0.15, 0.2) is 0 Å². The molecule has 0 N–H and O–H groups in total. The van der Waals surface area contributed by atoms with Crippen LogP contribution in [-0.2, 0) is 0 Å². The van der Waals surface area contributed by atoms with Crippen molar-refractivity contribution in [2.24, 2.45) is 0 Å². The third kappa shape index (κ3) is 3.62. The van der Waals surface area contributed by atoms with Crippen LogP contribution in [0.3, 0.4) is 0 Å². The van der Waals surface area contributed by atoms with Gasteiger partial charge in [0.1, 0.15) is 0 Å². The molecule has 22 heavy (non-hydrogen) atoms. The monoisotopic (exact) mass is 316 g/mol. The minimum Gasteiger partial charge on any atom is -0.306 e. The molecule has 0 aliphatic carbocycles. The van der Waals surface area contributed by atoms with Crippen LogP contribution in [0, 0.1) is 0 Å². The zero-order valence-corrected chi connectivity index (χ0v) is 14.3. The van der Waals surface area contributed by atoms with Crippen LogP contribution in [-0.4, -0.2) is 49.6 Å². The molecule has 2 nitrogen and oxygen atoms in total. The van der Waals surface area contributed by atoms with Gasteiger partial charge >= 0.3 is 0 Å². The van der Waals surface area contributed by atoms with Crippen molar-refractivity contribution in [3.63, 3.8) is 0 Å². The molecular weight excluding hydrogens is 292 g/mol. The van der Waals surface area contributed by atoms with Gasteiger partial charge in [-0.2, -0.15) is 0 Å². The third-order valence-corrected chi connectivity index (χ3v) is 5.28. The van der Waals surface area contributed by atoms with Crippen LogP contribution >= 0.6 is 11.6 Å². The van der Waals surface area contributed by atoms with Crippen molar-refractivity contribution in [1.29, 1.82) is 0 Å². The van der Waals surface area contributed by atoms with Gasteiger partial charge in [-0.05, 0) is 62.4 Å². The number of fused-ring (bicyclic) bond motifs is 1. The van der Waals surface area contributed by atoms with Crippen LogP contribution in [0.2, 0.25) is 0 Å². The molecule has 118 valence electrons. The molecule has 1 aliphatic rings. The van der Waals surface area contributed by atoms with E-state index in [1.165, 1.54) is 42.3 Å². The summed E-state index contributed by atoms with van der Waals surface area (Å²) >= 11 is 6.70. The minimum atomic E-state index is 0.0502. The van der Waals surface area contributed by atoms with E-state index >= 15 is 0 Å². The zero-order valence-electron chi connectivity index (χ0n) is 13.5. The number of halogens is 1. The van der Waals surface area contributed by atoms with Gasteiger partial charge in [0.05, 0.1) is 5.38 Å². The van der Waals surface area contributed by atoms with Gasteiger partial charge in [-0.3, -0.25) is 0 Å².